The van der Waals surface area contributed by atoms with Crippen LogP contribution in [0.15, 0.2) is 28.9 Å². The van der Waals surface area contributed by atoms with E-state index < -0.39 is 0 Å². The number of anilines is 2. The first-order valence-electron chi connectivity index (χ1n) is 4.63. The predicted octanol–water partition coefficient (Wildman–Crippen LogP) is 2.66. The van der Waals surface area contributed by atoms with Gasteiger partial charge in [0.15, 0.2) is 0 Å². The highest BCUT2D eigenvalue weighted by Gasteiger charge is 2.12. The van der Waals surface area contributed by atoms with Gasteiger partial charge in [0.05, 0.1) is 11.2 Å². The van der Waals surface area contributed by atoms with Gasteiger partial charge in [-0.2, -0.15) is 5.10 Å². The van der Waals surface area contributed by atoms with Gasteiger partial charge in [-0.05, 0) is 34.1 Å². The lowest BCUT2D eigenvalue weighted by atomic mass is 10.2. The molecule has 0 spiro atoms. The molecule has 1 heterocycles. The van der Waals surface area contributed by atoms with Crippen molar-refractivity contribution in [3.8, 4) is 0 Å². The zero-order valence-electron chi connectivity index (χ0n) is 8.50. The lowest BCUT2D eigenvalue weighted by Crippen LogP contribution is -2.12. The summed E-state index contributed by atoms with van der Waals surface area (Å²) in [5, 5.41) is 9.35. The van der Waals surface area contributed by atoms with Gasteiger partial charge in [-0.25, -0.2) is 0 Å². The lowest BCUT2D eigenvalue weighted by Gasteiger charge is -2.05. The van der Waals surface area contributed by atoms with Gasteiger partial charge in [-0.1, -0.05) is 11.6 Å². The van der Waals surface area contributed by atoms with Crippen molar-refractivity contribution in [2.75, 3.05) is 11.1 Å². The standard InChI is InChI=1S/C10H8BrClN4O/c11-7-2-1-5(3-8(7)12)15-10(17)6-4-14-16-9(6)13/h1-4H,(H,15,17)(H3,13,14,16). The van der Waals surface area contributed by atoms with Crippen LogP contribution < -0.4 is 11.1 Å². The molecule has 0 saturated carbocycles. The highest BCUT2D eigenvalue weighted by atomic mass is 79.9. The molecular weight excluding hydrogens is 307 g/mol. The summed E-state index contributed by atoms with van der Waals surface area (Å²) in [6.45, 7) is 0. The summed E-state index contributed by atoms with van der Waals surface area (Å²) in [6, 6.07) is 5.11. The Bertz CT molecular complexity index is 569. The molecule has 4 N–H and O–H groups in total. The third-order valence-electron chi connectivity index (χ3n) is 2.09. The van der Waals surface area contributed by atoms with Crippen molar-refractivity contribution in [3.63, 3.8) is 0 Å². The average Bonchev–Trinajstić information content (AvgIpc) is 2.70. The molecule has 1 amide bonds. The minimum absolute atomic E-state index is 0.228. The molecule has 0 unspecified atom stereocenters. The van der Waals surface area contributed by atoms with Crippen LogP contribution in [0.1, 0.15) is 10.4 Å². The fourth-order valence-corrected chi connectivity index (χ4v) is 1.68. The van der Waals surface area contributed by atoms with Crippen molar-refractivity contribution in [3.05, 3.63) is 39.5 Å². The van der Waals surface area contributed by atoms with E-state index in [1.165, 1.54) is 6.20 Å². The predicted molar refractivity (Wildman–Crippen MR) is 70.1 cm³/mol. The number of hydrogen-bond donors (Lipinski definition) is 3. The number of nitrogens with two attached hydrogens (primary N) is 1. The van der Waals surface area contributed by atoms with E-state index in [1.807, 2.05) is 0 Å². The molecule has 1 aromatic heterocycles. The van der Waals surface area contributed by atoms with Crippen molar-refractivity contribution in [2.24, 2.45) is 0 Å². The van der Waals surface area contributed by atoms with Crippen LogP contribution >= 0.6 is 27.5 Å². The Kier molecular flexibility index (Phi) is 3.35. The zero-order valence-corrected chi connectivity index (χ0v) is 10.8. The highest BCUT2D eigenvalue weighted by molar-refractivity contribution is 9.10. The van der Waals surface area contributed by atoms with Crippen LogP contribution in [0.3, 0.4) is 0 Å². The van der Waals surface area contributed by atoms with Crippen LogP contribution in [0, 0.1) is 0 Å². The topological polar surface area (TPSA) is 83.8 Å². The number of nitrogens with one attached hydrogen (secondary N) is 2. The number of H-pyrrole nitrogens is 1. The molecule has 7 heteroatoms. The quantitative estimate of drug-likeness (QED) is 0.796. The van der Waals surface area contributed by atoms with Gasteiger partial charge in [-0.3, -0.25) is 9.89 Å². The summed E-state index contributed by atoms with van der Waals surface area (Å²) in [5.41, 5.74) is 6.42. The number of hydrogen-bond acceptors (Lipinski definition) is 3. The molecule has 0 saturated heterocycles. The summed E-state index contributed by atoms with van der Waals surface area (Å²) in [5.74, 6) is -0.111. The van der Waals surface area contributed by atoms with E-state index in [2.05, 4.69) is 31.4 Å². The molecule has 2 aromatic rings. The van der Waals surface area contributed by atoms with E-state index in [1.54, 1.807) is 18.2 Å². The van der Waals surface area contributed by atoms with Gasteiger partial charge >= 0.3 is 0 Å². The van der Waals surface area contributed by atoms with E-state index in [9.17, 15) is 4.79 Å². The number of aromatic nitrogens is 2. The van der Waals surface area contributed by atoms with Gasteiger partial charge in [0, 0.05) is 10.2 Å². The molecule has 1 aromatic carbocycles. The number of benzene rings is 1. The normalized spacial score (nSPS) is 10.2. The fourth-order valence-electron chi connectivity index (χ4n) is 1.25. The van der Waals surface area contributed by atoms with E-state index in [-0.39, 0.29) is 11.7 Å². The molecule has 0 aliphatic rings. The first-order valence-corrected chi connectivity index (χ1v) is 5.80. The van der Waals surface area contributed by atoms with Crippen LogP contribution in [0.25, 0.3) is 0 Å². The molecule has 2 rings (SSSR count). The third-order valence-corrected chi connectivity index (χ3v) is 3.32. The van der Waals surface area contributed by atoms with Crippen LogP contribution in [0.2, 0.25) is 5.02 Å². The molecule has 17 heavy (non-hydrogen) atoms. The Hall–Kier alpha value is -1.53. The number of carbonyl (C=O) groups is 1. The Labute approximate surface area is 110 Å². The first-order chi connectivity index (χ1) is 8.08. The fraction of sp³-hybridized carbons (Fsp3) is 0. The number of nitrogens with zero attached hydrogens (tertiary/aromatic N) is 1. The Morgan fingerprint density at radius 1 is 1.53 bits per heavy atom. The van der Waals surface area contributed by atoms with Crippen molar-refractivity contribution in [1.29, 1.82) is 0 Å². The summed E-state index contributed by atoms with van der Waals surface area (Å²) < 4.78 is 0.764. The molecule has 0 fully saturated rings. The summed E-state index contributed by atoms with van der Waals surface area (Å²) in [6.07, 6.45) is 1.37. The molecule has 0 aliphatic heterocycles. The molecule has 88 valence electrons. The lowest BCUT2D eigenvalue weighted by molar-refractivity contribution is 0.102. The Morgan fingerprint density at radius 3 is 2.88 bits per heavy atom. The summed E-state index contributed by atoms with van der Waals surface area (Å²) in [4.78, 5) is 11.8. The summed E-state index contributed by atoms with van der Waals surface area (Å²) in [7, 11) is 0. The number of carbonyl (C=O) groups excluding carboxylic acids is 1. The highest BCUT2D eigenvalue weighted by Crippen LogP contribution is 2.25. The minimum Gasteiger partial charge on any atom is -0.383 e. The van der Waals surface area contributed by atoms with E-state index >= 15 is 0 Å². The number of rotatable bonds is 2. The van der Waals surface area contributed by atoms with Crippen molar-refractivity contribution >= 4 is 44.9 Å². The van der Waals surface area contributed by atoms with Gasteiger partial charge in [0.25, 0.3) is 5.91 Å². The van der Waals surface area contributed by atoms with Crippen LogP contribution in [0.5, 0.6) is 0 Å². The van der Waals surface area contributed by atoms with Crippen molar-refractivity contribution in [2.45, 2.75) is 0 Å². The van der Waals surface area contributed by atoms with E-state index in [4.69, 9.17) is 17.3 Å². The second kappa shape index (κ2) is 4.77. The zero-order chi connectivity index (χ0) is 12.4. The number of aromatic amines is 1. The molecule has 0 atom stereocenters. The van der Waals surface area contributed by atoms with Crippen LogP contribution in [0.4, 0.5) is 11.5 Å². The Morgan fingerprint density at radius 2 is 2.29 bits per heavy atom. The number of nitrogen functional groups attached to an aromatic ring is 1. The minimum atomic E-state index is -0.338. The first kappa shape index (κ1) is 11.9. The monoisotopic (exact) mass is 314 g/mol. The van der Waals surface area contributed by atoms with Crippen molar-refractivity contribution < 1.29 is 4.79 Å². The van der Waals surface area contributed by atoms with Crippen LogP contribution in [-0.4, -0.2) is 16.1 Å². The maximum Gasteiger partial charge on any atom is 0.261 e. The van der Waals surface area contributed by atoms with Gasteiger partial charge < -0.3 is 11.1 Å². The van der Waals surface area contributed by atoms with Gasteiger partial charge in [0.1, 0.15) is 11.4 Å². The molecule has 0 bridgehead atoms. The van der Waals surface area contributed by atoms with Crippen LogP contribution in [-0.2, 0) is 0 Å². The summed E-state index contributed by atoms with van der Waals surface area (Å²) >= 11 is 9.18. The van der Waals surface area contributed by atoms with Gasteiger partial charge in [0.2, 0.25) is 0 Å². The maximum atomic E-state index is 11.8. The third kappa shape index (κ3) is 2.59. The molecule has 0 radical (unpaired) electrons. The second-order valence-corrected chi connectivity index (χ2v) is 4.54. The van der Waals surface area contributed by atoms with Gasteiger partial charge in [-0.15, -0.1) is 0 Å². The number of amides is 1. The van der Waals surface area contributed by atoms with E-state index in [0.29, 0.717) is 16.3 Å². The Balaban J connectivity index is 2.19. The average molecular weight is 316 g/mol. The maximum absolute atomic E-state index is 11.8. The van der Waals surface area contributed by atoms with Crippen molar-refractivity contribution in [1.82, 2.24) is 10.2 Å². The smallest absolute Gasteiger partial charge is 0.261 e. The second-order valence-electron chi connectivity index (χ2n) is 3.28. The molecule has 5 nitrogen and oxygen atoms in total. The largest absolute Gasteiger partial charge is 0.383 e. The molecular formula is C10H8BrClN4O. The molecule has 0 aliphatic carbocycles. The van der Waals surface area contributed by atoms with E-state index in [0.717, 1.165) is 4.47 Å². The SMILES string of the molecule is Nc1[nH]ncc1C(=O)Nc1ccc(Br)c(Cl)c1. The number of halogens is 2.